The van der Waals surface area contributed by atoms with Crippen molar-refractivity contribution in [1.82, 2.24) is 25.2 Å². The zero-order valence-corrected chi connectivity index (χ0v) is 15.5. The molecule has 0 unspecified atom stereocenters. The number of aromatic hydroxyl groups is 2. The van der Waals surface area contributed by atoms with E-state index in [1.165, 1.54) is 28.9 Å². The number of phenols is 1. The number of tetrazole rings is 1. The van der Waals surface area contributed by atoms with Gasteiger partial charge in [-0.2, -0.15) is 4.68 Å². The largest absolute Gasteiger partial charge is 0.508 e. The summed E-state index contributed by atoms with van der Waals surface area (Å²) in [6.45, 7) is 0. The smallest absolute Gasteiger partial charge is 0.266 e. The van der Waals surface area contributed by atoms with Crippen LogP contribution in [0, 0.1) is 0 Å². The van der Waals surface area contributed by atoms with Crippen LogP contribution >= 0.6 is 35.0 Å². The number of hydrogen-bond acceptors (Lipinski definition) is 7. The lowest BCUT2D eigenvalue weighted by Gasteiger charge is -2.09. The summed E-state index contributed by atoms with van der Waals surface area (Å²) in [7, 11) is 0. The van der Waals surface area contributed by atoms with Crippen molar-refractivity contribution < 1.29 is 10.2 Å². The van der Waals surface area contributed by atoms with E-state index in [0.29, 0.717) is 16.2 Å². The maximum absolute atomic E-state index is 12.5. The molecule has 0 radical (unpaired) electrons. The predicted molar refractivity (Wildman–Crippen MR) is 101 cm³/mol. The van der Waals surface area contributed by atoms with Crippen LogP contribution in [0.25, 0.3) is 16.6 Å². The standard InChI is InChI=1S/C16H9Cl2N5O3S/c17-7-5-10(18)12-11(6-7)19-15(26)14(13(12)25)27-16-20-21-22-23(16)8-1-3-9(24)4-2-8/h1-6,24H,(H2,19,25,26). The number of pyridine rings is 1. The number of aromatic amines is 1. The van der Waals surface area contributed by atoms with Crippen LogP contribution in [0.3, 0.4) is 0 Å². The van der Waals surface area contributed by atoms with E-state index >= 15 is 0 Å². The van der Waals surface area contributed by atoms with E-state index in [1.54, 1.807) is 12.1 Å². The lowest BCUT2D eigenvalue weighted by molar-refractivity contribution is 0.467. The topological polar surface area (TPSA) is 117 Å². The van der Waals surface area contributed by atoms with Crippen molar-refractivity contribution in [3.8, 4) is 17.2 Å². The van der Waals surface area contributed by atoms with Crippen molar-refractivity contribution >= 4 is 45.9 Å². The van der Waals surface area contributed by atoms with Gasteiger partial charge in [-0.05, 0) is 58.6 Å². The summed E-state index contributed by atoms with van der Waals surface area (Å²) < 4.78 is 1.37. The quantitative estimate of drug-likeness (QED) is 0.464. The lowest BCUT2D eigenvalue weighted by atomic mass is 10.2. The van der Waals surface area contributed by atoms with E-state index in [2.05, 4.69) is 20.5 Å². The molecule has 0 aliphatic carbocycles. The highest BCUT2D eigenvalue weighted by Crippen LogP contribution is 2.39. The van der Waals surface area contributed by atoms with Gasteiger partial charge >= 0.3 is 0 Å². The highest BCUT2D eigenvalue weighted by Gasteiger charge is 2.19. The molecule has 0 aliphatic heterocycles. The van der Waals surface area contributed by atoms with E-state index in [-0.39, 0.29) is 32.0 Å². The second-order valence-electron chi connectivity index (χ2n) is 5.43. The van der Waals surface area contributed by atoms with E-state index < -0.39 is 5.56 Å². The Morgan fingerprint density at radius 2 is 1.85 bits per heavy atom. The number of benzene rings is 2. The van der Waals surface area contributed by atoms with Crippen molar-refractivity contribution in [2.24, 2.45) is 0 Å². The first-order chi connectivity index (χ1) is 12.9. The van der Waals surface area contributed by atoms with E-state index in [1.807, 2.05) is 0 Å². The van der Waals surface area contributed by atoms with Crippen LogP contribution in [0.15, 0.2) is 51.2 Å². The Hall–Kier alpha value is -2.75. The number of fused-ring (bicyclic) bond motifs is 1. The first-order valence-electron chi connectivity index (χ1n) is 7.43. The fourth-order valence-corrected chi connectivity index (χ4v) is 3.91. The van der Waals surface area contributed by atoms with Gasteiger partial charge < -0.3 is 15.2 Å². The Bertz CT molecular complexity index is 1220. The summed E-state index contributed by atoms with van der Waals surface area (Å²) in [5.74, 6) is -0.196. The minimum Gasteiger partial charge on any atom is -0.508 e. The second-order valence-corrected chi connectivity index (χ2v) is 7.25. The van der Waals surface area contributed by atoms with Gasteiger partial charge in [-0.1, -0.05) is 23.2 Å². The van der Waals surface area contributed by atoms with Crippen molar-refractivity contribution in [3.63, 3.8) is 0 Å². The Morgan fingerprint density at radius 1 is 1.11 bits per heavy atom. The summed E-state index contributed by atoms with van der Waals surface area (Å²) >= 11 is 13.0. The summed E-state index contributed by atoms with van der Waals surface area (Å²) in [5, 5.41) is 32.5. The zero-order chi connectivity index (χ0) is 19.1. The van der Waals surface area contributed by atoms with Gasteiger partial charge in [-0.15, -0.1) is 5.10 Å². The average molecular weight is 422 g/mol. The monoisotopic (exact) mass is 421 g/mol. The molecule has 0 aliphatic rings. The molecular formula is C16H9Cl2N5O3S. The van der Waals surface area contributed by atoms with Gasteiger partial charge in [-0.3, -0.25) is 4.79 Å². The molecule has 3 N–H and O–H groups in total. The molecular weight excluding hydrogens is 413 g/mol. The third-order valence-corrected chi connectivity index (χ3v) is 5.23. The maximum Gasteiger partial charge on any atom is 0.266 e. The summed E-state index contributed by atoms with van der Waals surface area (Å²) in [6.07, 6.45) is 0. The molecule has 11 heteroatoms. The van der Waals surface area contributed by atoms with E-state index in [4.69, 9.17) is 23.2 Å². The minimum atomic E-state index is -0.538. The molecule has 0 spiro atoms. The predicted octanol–water partition coefficient (Wildman–Crippen LogP) is 3.37. The Morgan fingerprint density at radius 3 is 2.59 bits per heavy atom. The first kappa shape index (κ1) is 17.7. The van der Waals surface area contributed by atoms with Crippen LogP contribution in [-0.4, -0.2) is 35.4 Å². The Kier molecular flexibility index (Phi) is 4.42. The molecule has 2 aromatic carbocycles. The van der Waals surface area contributed by atoms with Crippen LogP contribution < -0.4 is 5.56 Å². The summed E-state index contributed by atoms with van der Waals surface area (Å²) in [6, 6.07) is 9.15. The van der Waals surface area contributed by atoms with Gasteiger partial charge in [0.25, 0.3) is 5.56 Å². The highest BCUT2D eigenvalue weighted by atomic mass is 35.5. The molecule has 0 amide bonds. The van der Waals surface area contributed by atoms with Gasteiger partial charge in [-0.25, -0.2) is 0 Å². The molecule has 4 rings (SSSR count). The molecule has 0 saturated carbocycles. The molecule has 0 saturated heterocycles. The summed E-state index contributed by atoms with van der Waals surface area (Å²) in [5.41, 5.74) is 0.350. The van der Waals surface area contributed by atoms with Crippen LogP contribution in [0.4, 0.5) is 0 Å². The lowest BCUT2D eigenvalue weighted by Crippen LogP contribution is -2.09. The highest BCUT2D eigenvalue weighted by molar-refractivity contribution is 7.99. The Labute approximate surface area is 165 Å². The van der Waals surface area contributed by atoms with Crippen LogP contribution in [0.5, 0.6) is 11.5 Å². The molecule has 2 heterocycles. The van der Waals surface area contributed by atoms with Crippen molar-refractivity contribution in [2.75, 3.05) is 0 Å². The maximum atomic E-state index is 12.5. The van der Waals surface area contributed by atoms with Crippen LogP contribution in [0.2, 0.25) is 10.0 Å². The van der Waals surface area contributed by atoms with Gasteiger partial charge in [0.15, 0.2) is 0 Å². The number of aromatic nitrogens is 5. The van der Waals surface area contributed by atoms with Crippen LogP contribution in [0.1, 0.15) is 0 Å². The van der Waals surface area contributed by atoms with Gasteiger partial charge in [0, 0.05) is 5.02 Å². The Balaban J connectivity index is 1.83. The number of phenolic OH excluding ortho intramolecular Hbond substituents is 1. The molecule has 2 aromatic heterocycles. The number of hydrogen-bond donors (Lipinski definition) is 3. The van der Waals surface area contributed by atoms with Gasteiger partial charge in [0.1, 0.15) is 16.4 Å². The first-order valence-corrected chi connectivity index (χ1v) is 9.01. The average Bonchev–Trinajstić information content (AvgIpc) is 3.06. The van der Waals surface area contributed by atoms with Gasteiger partial charge in [0.05, 0.1) is 21.6 Å². The molecule has 0 fully saturated rings. The number of nitrogens with one attached hydrogen (secondary N) is 1. The fourth-order valence-electron chi connectivity index (χ4n) is 2.50. The number of rotatable bonds is 3. The molecule has 0 bridgehead atoms. The minimum absolute atomic E-state index is 0.0125. The fraction of sp³-hybridized carbons (Fsp3) is 0. The molecule has 27 heavy (non-hydrogen) atoms. The molecule has 4 aromatic rings. The van der Waals surface area contributed by atoms with Crippen molar-refractivity contribution in [2.45, 2.75) is 10.1 Å². The van der Waals surface area contributed by atoms with Crippen molar-refractivity contribution in [3.05, 3.63) is 56.8 Å². The molecule has 0 atom stereocenters. The number of halogens is 2. The van der Waals surface area contributed by atoms with Gasteiger partial charge in [0.2, 0.25) is 5.16 Å². The summed E-state index contributed by atoms with van der Waals surface area (Å²) in [4.78, 5) is 15.1. The zero-order valence-electron chi connectivity index (χ0n) is 13.2. The SMILES string of the molecule is O=c1[nH]c2cc(Cl)cc(Cl)c2c(O)c1Sc1nnnn1-c1ccc(O)cc1. The molecule has 136 valence electrons. The number of H-pyrrole nitrogens is 1. The third kappa shape index (κ3) is 3.20. The molecule has 8 nitrogen and oxygen atoms in total. The van der Waals surface area contributed by atoms with E-state index in [0.717, 1.165) is 11.8 Å². The van der Waals surface area contributed by atoms with Crippen molar-refractivity contribution in [1.29, 1.82) is 0 Å². The number of nitrogens with zero attached hydrogens (tertiary/aromatic N) is 4. The van der Waals surface area contributed by atoms with E-state index in [9.17, 15) is 15.0 Å². The second kappa shape index (κ2) is 6.76. The normalized spacial score (nSPS) is 11.2. The van der Waals surface area contributed by atoms with Crippen LogP contribution in [-0.2, 0) is 0 Å². The third-order valence-electron chi connectivity index (χ3n) is 3.69.